The van der Waals surface area contributed by atoms with Crippen LogP contribution in [0.2, 0.25) is 0 Å². The van der Waals surface area contributed by atoms with E-state index < -0.39 is 11.9 Å². The molecule has 0 aliphatic heterocycles. The second-order valence-electron chi connectivity index (χ2n) is 3.04. The number of carbonyl (C=O) groups is 2. The zero-order valence-corrected chi connectivity index (χ0v) is 14.9. The van der Waals surface area contributed by atoms with Gasteiger partial charge in [0.15, 0.2) is 0 Å². The van der Waals surface area contributed by atoms with Crippen molar-refractivity contribution in [3.05, 3.63) is 60.2 Å². The van der Waals surface area contributed by atoms with Gasteiger partial charge in [0, 0.05) is 31.9 Å². The van der Waals surface area contributed by atoms with Gasteiger partial charge in [0.1, 0.15) is 11.4 Å². The van der Waals surface area contributed by atoms with Gasteiger partial charge in [-0.3, -0.25) is 0 Å². The van der Waals surface area contributed by atoms with E-state index in [-0.39, 0.29) is 52.8 Å². The number of rotatable bonds is 2. The molecule has 0 spiro atoms. The summed E-state index contributed by atoms with van der Waals surface area (Å²) in [7, 11) is 0. The fraction of sp³-hybridized carbons (Fsp3) is 0. The first-order chi connectivity index (χ1) is 8.61. The Morgan fingerprint density at radius 2 is 1.00 bits per heavy atom. The SMILES string of the molecule is O.O.O.O.O=C(O)c1ccccn1.O=C(O)c1ccccn1.[Zn]. The van der Waals surface area contributed by atoms with E-state index in [0.29, 0.717) is 0 Å². The molecule has 0 aliphatic rings. The Balaban J connectivity index is -0.0000000771. The van der Waals surface area contributed by atoms with Crippen molar-refractivity contribution >= 4 is 11.9 Å². The molecule has 0 fully saturated rings. The van der Waals surface area contributed by atoms with Crippen molar-refractivity contribution in [2.45, 2.75) is 0 Å². The number of carboxylic acid groups (broad SMARTS) is 2. The summed E-state index contributed by atoms with van der Waals surface area (Å²) in [5.74, 6) is -1.98. The second-order valence-corrected chi connectivity index (χ2v) is 3.04. The van der Waals surface area contributed by atoms with Gasteiger partial charge in [0.05, 0.1) is 0 Å². The Hall–Kier alpha value is -2.30. The zero-order chi connectivity index (χ0) is 13.4. The molecule has 0 saturated carbocycles. The Kier molecular flexibility index (Phi) is 25.2. The summed E-state index contributed by atoms with van der Waals surface area (Å²) < 4.78 is 0. The van der Waals surface area contributed by atoms with E-state index in [9.17, 15) is 9.59 Å². The summed E-state index contributed by atoms with van der Waals surface area (Å²) in [6, 6.07) is 9.51. The molecule has 10 nitrogen and oxygen atoms in total. The summed E-state index contributed by atoms with van der Waals surface area (Å²) in [4.78, 5) is 27.4. The number of carboxylic acids is 2. The first kappa shape index (κ1) is 32.6. The Morgan fingerprint density at radius 1 is 0.696 bits per heavy atom. The average molecular weight is 384 g/mol. The van der Waals surface area contributed by atoms with Crippen LogP contribution < -0.4 is 0 Å². The van der Waals surface area contributed by atoms with Crippen LogP contribution in [0.25, 0.3) is 0 Å². The fourth-order valence-electron chi connectivity index (χ4n) is 0.979. The van der Waals surface area contributed by atoms with E-state index in [1.54, 1.807) is 24.3 Å². The summed E-state index contributed by atoms with van der Waals surface area (Å²) in [5.41, 5.74) is 0.162. The minimum absolute atomic E-state index is 0. The van der Waals surface area contributed by atoms with Gasteiger partial charge in [0.2, 0.25) is 0 Å². The Morgan fingerprint density at radius 3 is 1.13 bits per heavy atom. The van der Waals surface area contributed by atoms with Crippen LogP contribution in [-0.2, 0) is 19.5 Å². The monoisotopic (exact) mass is 382 g/mol. The normalized spacial score (nSPS) is 6.96. The molecule has 0 aromatic carbocycles. The van der Waals surface area contributed by atoms with Crippen molar-refractivity contribution < 1.29 is 61.2 Å². The average Bonchev–Trinajstić information content (AvgIpc) is 2.41. The molecule has 11 heteroatoms. The topological polar surface area (TPSA) is 226 Å². The van der Waals surface area contributed by atoms with Crippen LogP contribution in [0.3, 0.4) is 0 Å². The molecule has 0 aliphatic carbocycles. The van der Waals surface area contributed by atoms with Crippen LogP contribution in [0.15, 0.2) is 48.8 Å². The number of aromatic carboxylic acids is 2. The molecule has 2 aromatic heterocycles. The van der Waals surface area contributed by atoms with Crippen LogP contribution in [0.4, 0.5) is 0 Å². The maximum Gasteiger partial charge on any atom is 0.354 e. The molecular formula is C12H18N2O8Zn. The van der Waals surface area contributed by atoms with Crippen molar-refractivity contribution in [2.75, 3.05) is 0 Å². The first-order valence-corrected chi connectivity index (χ1v) is 4.90. The van der Waals surface area contributed by atoms with E-state index in [1.807, 2.05) is 0 Å². The molecule has 10 N–H and O–H groups in total. The molecule has 0 radical (unpaired) electrons. The van der Waals surface area contributed by atoms with Crippen molar-refractivity contribution in [3.63, 3.8) is 0 Å². The second kappa shape index (κ2) is 17.8. The van der Waals surface area contributed by atoms with E-state index >= 15 is 0 Å². The maximum atomic E-state index is 10.1. The van der Waals surface area contributed by atoms with Crippen molar-refractivity contribution in [1.29, 1.82) is 0 Å². The number of aromatic nitrogens is 2. The standard InChI is InChI=1S/2C6H5NO2.4H2O.Zn/c2*8-6(9)5-3-1-2-4-7-5;;;;;/h2*1-4H,(H,8,9);4*1H2;. The first-order valence-electron chi connectivity index (χ1n) is 4.90. The maximum absolute atomic E-state index is 10.1. The molecule has 2 rings (SSSR count). The predicted molar refractivity (Wildman–Crippen MR) is 76.8 cm³/mol. The smallest absolute Gasteiger partial charge is 0.354 e. The summed E-state index contributed by atoms with van der Waals surface area (Å²) >= 11 is 0. The molecule has 0 unspecified atom stereocenters. The van der Waals surface area contributed by atoms with Gasteiger partial charge in [-0.25, -0.2) is 19.6 Å². The molecule has 0 atom stereocenters. The molecule has 0 bridgehead atoms. The molecular weight excluding hydrogens is 366 g/mol. The Bertz CT molecular complexity index is 478. The van der Waals surface area contributed by atoms with Gasteiger partial charge in [-0.15, -0.1) is 0 Å². The van der Waals surface area contributed by atoms with Crippen LogP contribution in [0.1, 0.15) is 21.0 Å². The van der Waals surface area contributed by atoms with E-state index in [0.717, 1.165) is 0 Å². The van der Waals surface area contributed by atoms with Gasteiger partial charge in [-0.2, -0.15) is 0 Å². The number of pyridine rings is 2. The molecule has 0 saturated heterocycles. The van der Waals surface area contributed by atoms with Gasteiger partial charge >= 0.3 is 11.9 Å². The van der Waals surface area contributed by atoms with Gasteiger partial charge < -0.3 is 32.1 Å². The molecule has 2 heterocycles. The van der Waals surface area contributed by atoms with Crippen LogP contribution in [0, 0.1) is 0 Å². The van der Waals surface area contributed by atoms with Crippen LogP contribution >= 0.6 is 0 Å². The quantitative estimate of drug-likeness (QED) is 0.571. The minimum atomic E-state index is -0.990. The number of hydrogen-bond acceptors (Lipinski definition) is 4. The summed E-state index contributed by atoms with van der Waals surface area (Å²) in [5, 5.41) is 16.6. The number of nitrogens with zero attached hydrogens (tertiary/aromatic N) is 2. The van der Waals surface area contributed by atoms with Crippen molar-refractivity contribution in [1.82, 2.24) is 9.97 Å². The summed E-state index contributed by atoms with van der Waals surface area (Å²) in [6.07, 6.45) is 2.90. The predicted octanol–water partition coefficient (Wildman–Crippen LogP) is -1.74. The third-order valence-corrected chi connectivity index (χ3v) is 1.77. The molecule has 0 amide bonds. The van der Waals surface area contributed by atoms with Crippen LogP contribution in [0.5, 0.6) is 0 Å². The van der Waals surface area contributed by atoms with Gasteiger partial charge in [-0.05, 0) is 24.3 Å². The molecule has 23 heavy (non-hydrogen) atoms. The molecule has 2 aromatic rings. The van der Waals surface area contributed by atoms with E-state index in [1.165, 1.54) is 24.5 Å². The molecule has 126 valence electrons. The minimum Gasteiger partial charge on any atom is -0.477 e. The van der Waals surface area contributed by atoms with E-state index in [4.69, 9.17) is 10.2 Å². The van der Waals surface area contributed by atoms with Gasteiger partial charge in [0.25, 0.3) is 0 Å². The van der Waals surface area contributed by atoms with Crippen molar-refractivity contribution in [2.24, 2.45) is 0 Å². The fourth-order valence-corrected chi connectivity index (χ4v) is 0.979. The number of hydrogen-bond donors (Lipinski definition) is 2. The summed E-state index contributed by atoms with van der Waals surface area (Å²) in [6.45, 7) is 0. The van der Waals surface area contributed by atoms with Crippen LogP contribution in [-0.4, -0.2) is 54.0 Å². The van der Waals surface area contributed by atoms with E-state index in [2.05, 4.69) is 9.97 Å². The largest absolute Gasteiger partial charge is 0.477 e. The third kappa shape index (κ3) is 13.1. The van der Waals surface area contributed by atoms with Gasteiger partial charge in [-0.1, -0.05) is 12.1 Å². The Labute approximate surface area is 143 Å². The third-order valence-electron chi connectivity index (χ3n) is 1.77. The zero-order valence-electron chi connectivity index (χ0n) is 11.9. The van der Waals surface area contributed by atoms with Crippen molar-refractivity contribution in [3.8, 4) is 0 Å².